The Morgan fingerprint density at radius 2 is 2.12 bits per heavy atom. The highest BCUT2D eigenvalue weighted by atomic mass is 16.5. The second-order valence-corrected chi connectivity index (χ2v) is 4.73. The zero-order valence-electron chi connectivity index (χ0n) is 9.95. The number of para-hydroxylation sites is 1. The zero-order valence-corrected chi connectivity index (χ0v) is 9.95. The molecule has 0 fully saturated rings. The number of ether oxygens (including phenoxy) is 1. The maximum absolute atomic E-state index is 5.92. The summed E-state index contributed by atoms with van der Waals surface area (Å²) in [7, 11) is 0. The molecule has 0 bridgehead atoms. The Hall–Kier alpha value is -1.46. The monoisotopic (exact) mass is 215 g/mol. The van der Waals surface area contributed by atoms with Gasteiger partial charge in [0.25, 0.3) is 0 Å². The number of fused-ring (bicyclic) bond motifs is 1. The van der Waals surface area contributed by atoms with Gasteiger partial charge in [-0.2, -0.15) is 0 Å². The molecule has 2 atom stereocenters. The second kappa shape index (κ2) is 3.84. The molecule has 0 aliphatic carbocycles. The average molecular weight is 215 g/mol. The fourth-order valence-electron chi connectivity index (χ4n) is 2.12. The van der Waals surface area contributed by atoms with Gasteiger partial charge in [-0.3, -0.25) is 5.32 Å². The van der Waals surface area contributed by atoms with Crippen LogP contribution in [0.2, 0.25) is 0 Å². The highest BCUT2D eigenvalue weighted by Gasteiger charge is 2.41. The number of hydrogen-bond acceptors (Lipinski definition) is 2. The summed E-state index contributed by atoms with van der Waals surface area (Å²) < 4.78 is 5.92. The van der Waals surface area contributed by atoms with Crippen molar-refractivity contribution in [1.29, 1.82) is 0 Å². The van der Waals surface area contributed by atoms with Gasteiger partial charge in [0.15, 0.2) is 0 Å². The highest BCUT2D eigenvalue weighted by Crippen LogP contribution is 2.42. The first-order valence-corrected chi connectivity index (χ1v) is 5.54. The van der Waals surface area contributed by atoms with E-state index in [1.807, 2.05) is 25.1 Å². The van der Waals surface area contributed by atoms with Crippen LogP contribution >= 0.6 is 0 Å². The molecule has 1 N–H and O–H groups in total. The van der Waals surface area contributed by atoms with Crippen molar-refractivity contribution in [1.82, 2.24) is 5.32 Å². The van der Waals surface area contributed by atoms with Gasteiger partial charge in [-0.15, -0.1) is 6.42 Å². The predicted molar refractivity (Wildman–Crippen MR) is 65.3 cm³/mol. The van der Waals surface area contributed by atoms with Gasteiger partial charge < -0.3 is 4.74 Å². The van der Waals surface area contributed by atoms with Crippen molar-refractivity contribution in [3.05, 3.63) is 29.8 Å². The van der Waals surface area contributed by atoms with Crippen molar-refractivity contribution in [2.75, 3.05) is 0 Å². The molecule has 0 aromatic heterocycles. The number of hydrogen-bond donors (Lipinski definition) is 1. The van der Waals surface area contributed by atoms with E-state index in [4.69, 9.17) is 11.2 Å². The van der Waals surface area contributed by atoms with Gasteiger partial charge in [0.1, 0.15) is 11.4 Å². The molecule has 1 aliphatic rings. The molecule has 0 amide bonds. The Morgan fingerprint density at radius 3 is 2.81 bits per heavy atom. The van der Waals surface area contributed by atoms with Crippen LogP contribution in [-0.2, 0) is 0 Å². The lowest BCUT2D eigenvalue weighted by Gasteiger charge is -2.28. The fraction of sp³-hybridized carbons (Fsp3) is 0.429. The highest BCUT2D eigenvalue weighted by molar-refractivity contribution is 5.42. The van der Waals surface area contributed by atoms with Crippen LogP contribution in [0.3, 0.4) is 0 Å². The minimum atomic E-state index is -0.255. The Kier molecular flexibility index (Phi) is 2.65. The van der Waals surface area contributed by atoms with Crippen LogP contribution in [-0.4, -0.2) is 11.6 Å². The standard InChI is InChI=1S/C14H17NO/c1-5-10(2)15-13-11-8-6-7-9-12(11)16-14(13,3)4/h1,6-10,13,15H,2-4H3. The van der Waals surface area contributed by atoms with Crippen molar-refractivity contribution >= 4 is 0 Å². The maximum Gasteiger partial charge on any atom is 0.125 e. The molecule has 0 saturated carbocycles. The second-order valence-electron chi connectivity index (χ2n) is 4.73. The first kappa shape index (κ1) is 11.0. The molecule has 1 aliphatic heterocycles. The van der Waals surface area contributed by atoms with E-state index in [0.29, 0.717) is 0 Å². The van der Waals surface area contributed by atoms with E-state index in [-0.39, 0.29) is 17.7 Å². The summed E-state index contributed by atoms with van der Waals surface area (Å²) in [5, 5.41) is 3.41. The Bertz CT molecular complexity index is 431. The van der Waals surface area contributed by atoms with Crippen molar-refractivity contribution in [2.24, 2.45) is 0 Å². The number of benzene rings is 1. The van der Waals surface area contributed by atoms with E-state index in [9.17, 15) is 0 Å². The summed E-state index contributed by atoms with van der Waals surface area (Å²) in [5.74, 6) is 3.65. The third-order valence-electron chi connectivity index (χ3n) is 2.96. The quantitative estimate of drug-likeness (QED) is 0.765. The molecule has 1 heterocycles. The SMILES string of the molecule is C#CC(C)NC1c2ccccc2OC1(C)C. The molecule has 1 aromatic rings. The third-order valence-corrected chi connectivity index (χ3v) is 2.96. The predicted octanol–water partition coefficient (Wildman–Crippen LogP) is 2.51. The van der Waals surface area contributed by atoms with E-state index in [0.717, 1.165) is 5.75 Å². The Balaban J connectivity index is 2.32. The van der Waals surface area contributed by atoms with Gasteiger partial charge in [0.2, 0.25) is 0 Å². The van der Waals surface area contributed by atoms with Gasteiger partial charge in [-0.05, 0) is 26.8 Å². The van der Waals surface area contributed by atoms with E-state index >= 15 is 0 Å². The largest absolute Gasteiger partial charge is 0.486 e. The van der Waals surface area contributed by atoms with Crippen LogP contribution in [0, 0.1) is 12.3 Å². The molecule has 2 unspecified atom stereocenters. The van der Waals surface area contributed by atoms with Gasteiger partial charge in [-0.1, -0.05) is 24.1 Å². The molecule has 0 radical (unpaired) electrons. The molecule has 0 saturated heterocycles. The van der Waals surface area contributed by atoms with Crippen molar-refractivity contribution in [3.63, 3.8) is 0 Å². The zero-order chi connectivity index (χ0) is 11.8. The first-order chi connectivity index (χ1) is 7.54. The van der Waals surface area contributed by atoms with Crippen LogP contribution in [0.5, 0.6) is 5.75 Å². The van der Waals surface area contributed by atoms with Gasteiger partial charge in [0.05, 0.1) is 12.1 Å². The topological polar surface area (TPSA) is 21.3 Å². The molecule has 2 rings (SSSR count). The maximum atomic E-state index is 5.92. The molecular weight excluding hydrogens is 198 g/mol. The molecule has 16 heavy (non-hydrogen) atoms. The van der Waals surface area contributed by atoms with E-state index in [1.165, 1.54) is 5.56 Å². The molecule has 2 heteroatoms. The van der Waals surface area contributed by atoms with Crippen LogP contribution in [0.4, 0.5) is 0 Å². The molecule has 2 nitrogen and oxygen atoms in total. The summed E-state index contributed by atoms with van der Waals surface area (Å²) >= 11 is 0. The number of nitrogens with one attached hydrogen (secondary N) is 1. The smallest absolute Gasteiger partial charge is 0.125 e. The number of rotatable bonds is 2. The van der Waals surface area contributed by atoms with E-state index < -0.39 is 0 Å². The summed E-state index contributed by atoms with van der Waals surface area (Å²) in [6, 6.07) is 8.29. The molecular formula is C14H17NO. The Labute approximate surface area is 97.0 Å². The number of terminal acetylenes is 1. The summed E-state index contributed by atoms with van der Waals surface area (Å²) in [6.07, 6.45) is 5.41. The third kappa shape index (κ3) is 1.79. The van der Waals surface area contributed by atoms with Crippen molar-refractivity contribution in [3.8, 4) is 18.1 Å². The minimum Gasteiger partial charge on any atom is -0.486 e. The molecule has 1 aromatic carbocycles. The van der Waals surface area contributed by atoms with E-state index in [2.05, 4.69) is 31.2 Å². The van der Waals surface area contributed by atoms with Crippen molar-refractivity contribution < 1.29 is 4.74 Å². The van der Waals surface area contributed by atoms with Gasteiger partial charge in [-0.25, -0.2) is 0 Å². The summed E-state index contributed by atoms with van der Waals surface area (Å²) in [6.45, 7) is 6.14. The van der Waals surface area contributed by atoms with E-state index in [1.54, 1.807) is 0 Å². The normalized spacial score (nSPS) is 23.0. The van der Waals surface area contributed by atoms with Gasteiger partial charge in [0, 0.05) is 5.56 Å². The average Bonchev–Trinajstić information content (AvgIpc) is 2.50. The lowest BCUT2D eigenvalue weighted by molar-refractivity contribution is 0.0947. The lowest BCUT2D eigenvalue weighted by Crippen LogP contribution is -2.42. The van der Waals surface area contributed by atoms with Crippen LogP contribution < -0.4 is 10.1 Å². The first-order valence-electron chi connectivity index (χ1n) is 5.54. The van der Waals surface area contributed by atoms with Crippen LogP contribution in [0.25, 0.3) is 0 Å². The Morgan fingerprint density at radius 1 is 1.44 bits per heavy atom. The summed E-state index contributed by atoms with van der Waals surface area (Å²) in [4.78, 5) is 0. The summed E-state index contributed by atoms with van der Waals surface area (Å²) in [5.41, 5.74) is 0.934. The molecule has 0 spiro atoms. The van der Waals surface area contributed by atoms with Gasteiger partial charge >= 0.3 is 0 Å². The lowest BCUT2D eigenvalue weighted by atomic mass is 9.94. The minimum absolute atomic E-state index is 0.0408. The fourth-order valence-corrected chi connectivity index (χ4v) is 2.12. The van der Waals surface area contributed by atoms with Crippen LogP contribution in [0.15, 0.2) is 24.3 Å². The molecule has 84 valence electrons. The van der Waals surface area contributed by atoms with Crippen LogP contribution in [0.1, 0.15) is 32.4 Å². The van der Waals surface area contributed by atoms with Crippen molar-refractivity contribution in [2.45, 2.75) is 38.5 Å².